The minimum absolute atomic E-state index is 0.232. The van der Waals surface area contributed by atoms with Gasteiger partial charge in [0.1, 0.15) is 5.71 Å². The third-order valence-corrected chi connectivity index (χ3v) is 2.09. The van der Waals surface area contributed by atoms with E-state index < -0.39 is 0 Å². The summed E-state index contributed by atoms with van der Waals surface area (Å²) in [6.07, 6.45) is 1.09. The highest BCUT2D eigenvalue weighted by molar-refractivity contribution is 6.37. The summed E-state index contributed by atoms with van der Waals surface area (Å²) in [4.78, 5) is 0. The molecule has 0 heterocycles. The molecular formula is C10H12N2O2. The molecule has 0 saturated heterocycles. The van der Waals surface area contributed by atoms with E-state index in [4.69, 9.17) is 10.4 Å². The third kappa shape index (κ3) is 2.10. The third-order valence-electron chi connectivity index (χ3n) is 2.09. The van der Waals surface area contributed by atoms with Crippen LogP contribution >= 0.6 is 0 Å². The lowest BCUT2D eigenvalue weighted by Gasteiger charge is -2.02. The van der Waals surface area contributed by atoms with Crippen molar-refractivity contribution in [3.05, 3.63) is 34.9 Å². The standard InChI is InChI=1S/C10H12N2O2/c1-7-3-4-9(5-8(7)2)10(12-14)6-11-13/h3-6,13-14H,1-2H3. The summed E-state index contributed by atoms with van der Waals surface area (Å²) in [6, 6.07) is 5.59. The number of nitrogens with zero attached hydrogens (tertiary/aromatic N) is 2. The van der Waals surface area contributed by atoms with E-state index in [0.717, 1.165) is 17.3 Å². The predicted octanol–water partition coefficient (Wildman–Crippen LogP) is 1.94. The molecule has 0 atom stereocenters. The second kappa shape index (κ2) is 4.41. The Kier molecular flexibility index (Phi) is 3.23. The van der Waals surface area contributed by atoms with Crippen molar-refractivity contribution in [2.24, 2.45) is 10.3 Å². The van der Waals surface area contributed by atoms with Crippen LogP contribution in [0.2, 0.25) is 0 Å². The molecule has 2 N–H and O–H groups in total. The van der Waals surface area contributed by atoms with Gasteiger partial charge >= 0.3 is 0 Å². The van der Waals surface area contributed by atoms with E-state index in [9.17, 15) is 0 Å². The number of benzene rings is 1. The predicted molar refractivity (Wildman–Crippen MR) is 54.5 cm³/mol. The van der Waals surface area contributed by atoms with E-state index >= 15 is 0 Å². The molecule has 0 aliphatic carbocycles. The van der Waals surface area contributed by atoms with Gasteiger partial charge in [0.15, 0.2) is 0 Å². The van der Waals surface area contributed by atoms with Crippen LogP contribution in [0, 0.1) is 13.8 Å². The smallest absolute Gasteiger partial charge is 0.131 e. The Balaban J connectivity index is 3.13. The SMILES string of the molecule is Cc1ccc(C(C=NO)=NO)cc1C. The first-order valence-electron chi connectivity index (χ1n) is 4.16. The second-order valence-electron chi connectivity index (χ2n) is 3.03. The van der Waals surface area contributed by atoms with Crippen LogP contribution < -0.4 is 0 Å². The maximum Gasteiger partial charge on any atom is 0.131 e. The molecule has 74 valence electrons. The first-order chi connectivity index (χ1) is 6.69. The molecule has 0 aromatic heterocycles. The molecule has 1 aromatic carbocycles. The van der Waals surface area contributed by atoms with Crippen LogP contribution in [0.25, 0.3) is 0 Å². The fourth-order valence-corrected chi connectivity index (χ4v) is 1.11. The molecule has 0 unspecified atom stereocenters. The molecule has 1 aromatic rings. The van der Waals surface area contributed by atoms with Crippen molar-refractivity contribution >= 4 is 11.9 Å². The lowest BCUT2D eigenvalue weighted by atomic mass is 10.0. The molecule has 0 bridgehead atoms. The van der Waals surface area contributed by atoms with E-state index in [0.29, 0.717) is 5.56 Å². The average Bonchev–Trinajstić information content (AvgIpc) is 2.19. The van der Waals surface area contributed by atoms with Crippen LogP contribution in [-0.2, 0) is 0 Å². The molecule has 14 heavy (non-hydrogen) atoms. The summed E-state index contributed by atoms with van der Waals surface area (Å²) in [5.41, 5.74) is 3.20. The van der Waals surface area contributed by atoms with Crippen molar-refractivity contribution in [3.63, 3.8) is 0 Å². The first kappa shape index (κ1) is 10.2. The second-order valence-corrected chi connectivity index (χ2v) is 3.03. The number of rotatable bonds is 2. The molecule has 0 spiro atoms. The maximum absolute atomic E-state index is 8.66. The van der Waals surface area contributed by atoms with E-state index in [1.165, 1.54) is 0 Å². The lowest BCUT2D eigenvalue weighted by molar-refractivity contribution is 0.316. The molecule has 0 aliphatic heterocycles. The van der Waals surface area contributed by atoms with E-state index in [1.807, 2.05) is 26.0 Å². The summed E-state index contributed by atoms with van der Waals surface area (Å²) in [6.45, 7) is 3.96. The molecule has 0 saturated carbocycles. The number of hydrogen-bond acceptors (Lipinski definition) is 4. The average molecular weight is 192 g/mol. The molecule has 4 nitrogen and oxygen atoms in total. The highest BCUT2D eigenvalue weighted by atomic mass is 16.4. The molecule has 1 rings (SSSR count). The van der Waals surface area contributed by atoms with Crippen LogP contribution in [0.1, 0.15) is 16.7 Å². The largest absolute Gasteiger partial charge is 0.411 e. The maximum atomic E-state index is 8.66. The monoisotopic (exact) mass is 192 g/mol. The van der Waals surface area contributed by atoms with E-state index in [2.05, 4.69) is 10.3 Å². The molecule has 0 fully saturated rings. The van der Waals surface area contributed by atoms with E-state index in [-0.39, 0.29) is 5.71 Å². The van der Waals surface area contributed by atoms with Crippen molar-refractivity contribution in [1.82, 2.24) is 0 Å². The summed E-state index contributed by atoms with van der Waals surface area (Å²) < 4.78 is 0. The lowest BCUT2D eigenvalue weighted by Crippen LogP contribution is -2.03. The topological polar surface area (TPSA) is 65.2 Å². The van der Waals surface area contributed by atoms with Crippen LogP contribution in [0.3, 0.4) is 0 Å². The van der Waals surface area contributed by atoms with Gasteiger partial charge in [0.05, 0.1) is 6.21 Å². The molecule has 0 amide bonds. The zero-order valence-electron chi connectivity index (χ0n) is 8.10. The van der Waals surface area contributed by atoms with Crippen LogP contribution in [-0.4, -0.2) is 22.3 Å². The Labute approximate surface area is 82.2 Å². The summed E-state index contributed by atoms with van der Waals surface area (Å²) in [5, 5.41) is 22.8. The van der Waals surface area contributed by atoms with Crippen molar-refractivity contribution in [2.45, 2.75) is 13.8 Å². The van der Waals surface area contributed by atoms with Gasteiger partial charge in [-0.25, -0.2) is 0 Å². The highest BCUT2D eigenvalue weighted by Crippen LogP contribution is 2.10. The molecule has 0 aliphatic rings. The first-order valence-corrected chi connectivity index (χ1v) is 4.16. The van der Waals surface area contributed by atoms with Crippen LogP contribution in [0.5, 0.6) is 0 Å². The van der Waals surface area contributed by atoms with Gasteiger partial charge in [-0.1, -0.05) is 22.4 Å². The van der Waals surface area contributed by atoms with Gasteiger partial charge in [-0.2, -0.15) is 0 Å². The summed E-state index contributed by atoms with van der Waals surface area (Å²) in [5.74, 6) is 0. The summed E-state index contributed by atoms with van der Waals surface area (Å²) in [7, 11) is 0. The Morgan fingerprint density at radius 2 is 1.93 bits per heavy atom. The number of hydrogen-bond donors (Lipinski definition) is 2. The van der Waals surface area contributed by atoms with Gasteiger partial charge in [0.2, 0.25) is 0 Å². The molecule has 0 radical (unpaired) electrons. The Morgan fingerprint density at radius 1 is 1.21 bits per heavy atom. The van der Waals surface area contributed by atoms with Crippen molar-refractivity contribution in [1.29, 1.82) is 0 Å². The Morgan fingerprint density at radius 3 is 2.43 bits per heavy atom. The quantitative estimate of drug-likeness (QED) is 0.427. The zero-order valence-corrected chi connectivity index (χ0v) is 8.10. The Bertz CT molecular complexity index is 384. The molecule has 4 heteroatoms. The summed E-state index contributed by atoms with van der Waals surface area (Å²) >= 11 is 0. The van der Waals surface area contributed by atoms with Gasteiger partial charge < -0.3 is 10.4 Å². The fraction of sp³-hybridized carbons (Fsp3) is 0.200. The van der Waals surface area contributed by atoms with Gasteiger partial charge in [-0.15, -0.1) is 0 Å². The normalized spacial score (nSPS) is 12.3. The number of oxime groups is 2. The van der Waals surface area contributed by atoms with Crippen molar-refractivity contribution < 1.29 is 10.4 Å². The van der Waals surface area contributed by atoms with Crippen molar-refractivity contribution in [3.8, 4) is 0 Å². The number of aryl methyl sites for hydroxylation is 2. The molecular weight excluding hydrogens is 180 g/mol. The minimum Gasteiger partial charge on any atom is -0.411 e. The minimum atomic E-state index is 0.232. The van der Waals surface area contributed by atoms with Gasteiger partial charge in [0.25, 0.3) is 0 Å². The van der Waals surface area contributed by atoms with Crippen LogP contribution in [0.15, 0.2) is 28.5 Å². The van der Waals surface area contributed by atoms with Gasteiger partial charge in [-0.3, -0.25) is 0 Å². The van der Waals surface area contributed by atoms with E-state index in [1.54, 1.807) is 6.07 Å². The van der Waals surface area contributed by atoms with Crippen molar-refractivity contribution in [2.75, 3.05) is 0 Å². The fourth-order valence-electron chi connectivity index (χ4n) is 1.11. The zero-order chi connectivity index (χ0) is 10.6. The van der Waals surface area contributed by atoms with Gasteiger partial charge in [-0.05, 0) is 31.0 Å². The highest BCUT2D eigenvalue weighted by Gasteiger charge is 2.02. The Hall–Kier alpha value is -1.84. The van der Waals surface area contributed by atoms with Gasteiger partial charge in [0, 0.05) is 5.56 Å². The van der Waals surface area contributed by atoms with Crippen LogP contribution in [0.4, 0.5) is 0 Å².